The first-order chi connectivity index (χ1) is 10.7. The van der Waals surface area contributed by atoms with Gasteiger partial charge in [0, 0.05) is 24.8 Å². The molecule has 2 heterocycles. The van der Waals surface area contributed by atoms with Crippen molar-refractivity contribution in [2.24, 2.45) is 0 Å². The quantitative estimate of drug-likeness (QED) is 0.795. The van der Waals surface area contributed by atoms with Crippen molar-refractivity contribution in [3.05, 3.63) is 36.3 Å². The van der Waals surface area contributed by atoms with Crippen LogP contribution in [0.3, 0.4) is 0 Å². The van der Waals surface area contributed by atoms with Crippen molar-refractivity contribution in [1.82, 2.24) is 16.0 Å². The van der Waals surface area contributed by atoms with Crippen molar-refractivity contribution in [1.29, 1.82) is 0 Å². The van der Waals surface area contributed by atoms with Gasteiger partial charge in [-0.15, -0.1) is 5.53 Å². The first-order valence-corrected chi connectivity index (χ1v) is 7.51. The molecule has 0 saturated carbocycles. The molecule has 118 valence electrons. The van der Waals surface area contributed by atoms with Crippen molar-refractivity contribution < 1.29 is 14.6 Å². The van der Waals surface area contributed by atoms with Crippen LogP contribution >= 0.6 is 0 Å². The van der Waals surface area contributed by atoms with E-state index in [1.54, 1.807) is 0 Å². The van der Waals surface area contributed by atoms with E-state index in [0.717, 1.165) is 23.8 Å². The number of rotatable bonds is 3. The Balaban J connectivity index is 1.69. The van der Waals surface area contributed by atoms with Crippen molar-refractivity contribution in [3.8, 4) is 5.75 Å². The van der Waals surface area contributed by atoms with E-state index in [0.29, 0.717) is 11.6 Å². The number of carbonyl (C=O) groups is 1. The molecule has 0 spiro atoms. The maximum absolute atomic E-state index is 10.8. The van der Waals surface area contributed by atoms with E-state index in [-0.39, 0.29) is 0 Å². The fourth-order valence-corrected chi connectivity index (χ4v) is 2.65. The standard InChI is InChI=1S/C15H20N4O3/c20-15(21)19-11-14(16-17-19)22-13-7-5-6-12(10-13)18-8-3-1-2-4-9-18/h5-7,10-11,16-17H,1-4,8-9H2,(H,20,21). The Morgan fingerprint density at radius 2 is 1.95 bits per heavy atom. The molecular weight excluding hydrogens is 284 g/mol. The number of ether oxygens (including phenoxy) is 1. The molecule has 0 radical (unpaired) electrons. The fraction of sp³-hybridized carbons (Fsp3) is 0.400. The van der Waals surface area contributed by atoms with Crippen LogP contribution < -0.4 is 20.6 Å². The number of amides is 1. The third kappa shape index (κ3) is 3.43. The molecule has 2 aliphatic rings. The maximum atomic E-state index is 10.8. The fourth-order valence-electron chi connectivity index (χ4n) is 2.65. The summed E-state index contributed by atoms with van der Waals surface area (Å²) in [5.41, 5.74) is 6.27. The van der Waals surface area contributed by atoms with Crippen LogP contribution in [0.4, 0.5) is 10.5 Å². The second-order valence-electron chi connectivity index (χ2n) is 5.38. The summed E-state index contributed by atoms with van der Waals surface area (Å²) in [6.45, 7) is 2.14. The molecule has 1 saturated heterocycles. The molecule has 2 aliphatic heterocycles. The third-order valence-corrected chi connectivity index (χ3v) is 3.77. The topological polar surface area (TPSA) is 77.1 Å². The molecule has 0 atom stereocenters. The molecule has 0 aromatic heterocycles. The molecule has 22 heavy (non-hydrogen) atoms. The highest BCUT2D eigenvalue weighted by Crippen LogP contribution is 2.25. The van der Waals surface area contributed by atoms with Gasteiger partial charge in [0.15, 0.2) is 0 Å². The van der Waals surface area contributed by atoms with Crippen LogP contribution in [0.5, 0.6) is 5.75 Å². The maximum Gasteiger partial charge on any atom is 0.427 e. The van der Waals surface area contributed by atoms with E-state index < -0.39 is 6.09 Å². The molecule has 0 unspecified atom stereocenters. The van der Waals surface area contributed by atoms with E-state index in [1.807, 2.05) is 18.2 Å². The number of hydrogen-bond donors (Lipinski definition) is 3. The van der Waals surface area contributed by atoms with Crippen LogP contribution in [0.1, 0.15) is 25.7 Å². The summed E-state index contributed by atoms with van der Waals surface area (Å²) in [5.74, 6) is 1.02. The molecule has 3 N–H and O–H groups in total. The van der Waals surface area contributed by atoms with Gasteiger partial charge in [-0.25, -0.2) is 4.79 Å². The van der Waals surface area contributed by atoms with Crippen LogP contribution in [0, 0.1) is 0 Å². The number of hydrazine groups is 2. The van der Waals surface area contributed by atoms with Gasteiger partial charge in [0.25, 0.3) is 0 Å². The minimum absolute atomic E-state index is 0.343. The monoisotopic (exact) mass is 304 g/mol. The molecule has 1 amide bonds. The Kier molecular flexibility index (Phi) is 4.34. The summed E-state index contributed by atoms with van der Waals surface area (Å²) in [5, 5.41) is 9.75. The number of hydrogen-bond acceptors (Lipinski definition) is 5. The molecule has 0 bridgehead atoms. The summed E-state index contributed by atoms with van der Waals surface area (Å²) >= 11 is 0. The number of anilines is 1. The van der Waals surface area contributed by atoms with E-state index in [9.17, 15) is 4.79 Å². The van der Waals surface area contributed by atoms with Gasteiger partial charge in [-0.3, -0.25) is 5.43 Å². The highest BCUT2D eigenvalue weighted by molar-refractivity contribution is 5.66. The zero-order chi connectivity index (χ0) is 15.4. The van der Waals surface area contributed by atoms with Gasteiger partial charge >= 0.3 is 6.09 Å². The van der Waals surface area contributed by atoms with Gasteiger partial charge < -0.3 is 14.7 Å². The number of nitrogens with zero attached hydrogens (tertiary/aromatic N) is 2. The normalized spacial score (nSPS) is 18.5. The minimum atomic E-state index is -1.11. The van der Waals surface area contributed by atoms with Gasteiger partial charge in [-0.2, -0.15) is 5.01 Å². The third-order valence-electron chi connectivity index (χ3n) is 3.77. The highest BCUT2D eigenvalue weighted by atomic mass is 16.5. The smallest absolute Gasteiger partial charge is 0.427 e. The first kappa shape index (κ1) is 14.5. The first-order valence-electron chi connectivity index (χ1n) is 7.51. The predicted octanol–water partition coefficient (Wildman–Crippen LogP) is 2.25. The van der Waals surface area contributed by atoms with Gasteiger partial charge in [0.2, 0.25) is 5.88 Å². The molecule has 1 fully saturated rings. The molecule has 7 nitrogen and oxygen atoms in total. The Labute approximate surface area is 129 Å². The minimum Gasteiger partial charge on any atom is -0.464 e. The van der Waals surface area contributed by atoms with Crippen LogP contribution in [-0.2, 0) is 0 Å². The van der Waals surface area contributed by atoms with E-state index in [4.69, 9.17) is 9.84 Å². The SMILES string of the molecule is O=C(O)N1C=C(Oc2cccc(N3CCCCCC3)c2)NN1. The van der Waals surface area contributed by atoms with Crippen molar-refractivity contribution in [2.75, 3.05) is 18.0 Å². The Morgan fingerprint density at radius 3 is 2.64 bits per heavy atom. The molecule has 1 aromatic carbocycles. The summed E-state index contributed by atoms with van der Waals surface area (Å²) < 4.78 is 5.67. The summed E-state index contributed by atoms with van der Waals surface area (Å²) in [6, 6.07) is 7.87. The lowest BCUT2D eigenvalue weighted by Gasteiger charge is -2.23. The summed E-state index contributed by atoms with van der Waals surface area (Å²) in [7, 11) is 0. The van der Waals surface area contributed by atoms with Crippen LogP contribution in [0.2, 0.25) is 0 Å². The van der Waals surface area contributed by atoms with Gasteiger partial charge in [0.05, 0.1) is 6.20 Å². The largest absolute Gasteiger partial charge is 0.464 e. The second-order valence-corrected chi connectivity index (χ2v) is 5.38. The average molecular weight is 304 g/mol. The van der Waals surface area contributed by atoms with Crippen LogP contribution in [0.15, 0.2) is 36.3 Å². The zero-order valence-electron chi connectivity index (χ0n) is 12.3. The second kappa shape index (κ2) is 6.57. The lowest BCUT2D eigenvalue weighted by Crippen LogP contribution is -2.39. The Hall–Kier alpha value is -2.41. The lowest BCUT2D eigenvalue weighted by atomic mass is 10.2. The summed E-state index contributed by atoms with van der Waals surface area (Å²) in [6.07, 6.45) is 5.26. The average Bonchev–Trinajstić information content (AvgIpc) is 2.82. The Bertz CT molecular complexity index is 568. The van der Waals surface area contributed by atoms with Gasteiger partial charge in [-0.1, -0.05) is 18.9 Å². The molecular formula is C15H20N4O3. The predicted molar refractivity (Wildman–Crippen MR) is 82.0 cm³/mol. The Morgan fingerprint density at radius 1 is 1.18 bits per heavy atom. The van der Waals surface area contributed by atoms with Crippen LogP contribution in [-0.4, -0.2) is 29.3 Å². The number of benzene rings is 1. The van der Waals surface area contributed by atoms with Crippen molar-refractivity contribution in [2.45, 2.75) is 25.7 Å². The highest BCUT2D eigenvalue weighted by Gasteiger charge is 2.18. The van der Waals surface area contributed by atoms with Crippen molar-refractivity contribution >= 4 is 11.8 Å². The number of nitrogens with one attached hydrogen (secondary N) is 2. The van der Waals surface area contributed by atoms with Gasteiger partial charge in [0.1, 0.15) is 5.75 Å². The lowest BCUT2D eigenvalue weighted by molar-refractivity contribution is 0.145. The molecule has 7 heteroatoms. The zero-order valence-corrected chi connectivity index (χ0v) is 12.3. The molecule has 0 aliphatic carbocycles. The number of carboxylic acid groups (broad SMARTS) is 1. The van der Waals surface area contributed by atoms with Crippen molar-refractivity contribution in [3.63, 3.8) is 0 Å². The molecule has 3 rings (SSSR count). The van der Waals surface area contributed by atoms with Crippen LogP contribution in [0.25, 0.3) is 0 Å². The van der Waals surface area contributed by atoms with E-state index in [2.05, 4.69) is 21.9 Å². The van der Waals surface area contributed by atoms with E-state index >= 15 is 0 Å². The summed E-state index contributed by atoms with van der Waals surface area (Å²) in [4.78, 5) is 13.2. The van der Waals surface area contributed by atoms with Gasteiger partial charge in [-0.05, 0) is 25.0 Å². The molecule has 1 aromatic rings. The van der Waals surface area contributed by atoms with E-state index in [1.165, 1.54) is 31.9 Å².